The highest BCUT2D eigenvalue weighted by molar-refractivity contribution is 6.31. The maximum atomic E-state index is 11.5. The Balaban J connectivity index is 2.07. The molecule has 0 fully saturated rings. The number of carbonyl (C=O) groups is 1. The molecule has 4 nitrogen and oxygen atoms in total. The minimum absolute atomic E-state index is 0.151. The van der Waals surface area contributed by atoms with Crippen LogP contribution in [0.15, 0.2) is 24.3 Å². The summed E-state index contributed by atoms with van der Waals surface area (Å²) < 4.78 is 5.39. The molecule has 0 atom stereocenters. The molecule has 2 amide bonds. The van der Waals surface area contributed by atoms with Gasteiger partial charge in [0.25, 0.3) is 0 Å². The monoisotopic (exact) mass is 298 g/mol. The molecule has 1 aromatic rings. The molecule has 2 N–H and O–H groups in total. The topological polar surface area (TPSA) is 50.4 Å². The Labute approximate surface area is 125 Å². The first-order valence-corrected chi connectivity index (χ1v) is 7.34. The summed E-state index contributed by atoms with van der Waals surface area (Å²) in [6, 6.07) is 7.50. The van der Waals surface area contributed by atoms with Gasteiger partial charge in [-0.15, -0.1) is 0 Å². The van der Waals surface area contributed by atoms with Crippen LogP contribution >= 0.6 is 11.6 Å². The largest absolute Gasteiger partial charge is 0.379 e. The number of amides is 2. The van der Waals surface area contributed by atoms with Gasteiger partial charge in [-0.05, 0) is 38.3 Å². The fourth-order valence-corrected chi connectivity index (χ4v) is 1.90. The third-order valence-electron chi connectivity index (χ3n) is 2.70. The lowest BCUT2D eigenvalue weighted by Gasteiger charge is -2.09. The molecule has 0 heterocycles. The first kappa shape index (κ1) is 16.8. The van der Waals surface area contributed by atoms with E-state index in [9.17, 15) is 4.79 Å². The fraction of sp³-hybridized carbons (Fsp3) is 0.533. The van der Waals surface area contributed by atoms with Crippen LogP contribution in [0.25, 0.3) is 0 Å². The Hall–Kier alpha value is -1.26. The van der Waals surface area contributed by atoms with Gasteiger partial charge in [-0.1, -0.05) is 29.8 Å². The van der Waals surface area contributed by atoms with Crippen molar-refractivity contribution in [1.82, 2.24) is 10.6 Å². The third-order valence-corrected chi connectivity index (χ3v) is 3.06. The maximum Gasteiger partial charge on any atom is 0.314 e. The number of hydrogen-bond acceptors (Lipinski definition) is 2. The summed E-state index contributed by atoms with van der Waals surface area (Å²) in [5.41, 5.74) is 1.04. The molecule has 1 rings (SSSR count). The highest BCUT2D eigenvalue weighted by Crippen LogP contribution is 2.14. The molecule has 0 saturated carbocycles. The fourth-order valence-electron chi connectivity index (χ4n) is 1.67. The minimum atomic E-state index is -0.151. The van der Waals surface area contributed by atoms with Gasteiger partial charge in [0.15, 0.2) is 0 Å². The van der Waals surface area contributed by atoms with E-state index in [2.05, 4.69) is 10.6 Å². The second kappa shape index (κ2) is 9.61. The molecule has 0 aliphatic heterocycles. The Morgan fingerprint density at radius 2 is 1.95 bits per heavy atom. The molecule has 0 radical (unpaired) electrons. The third kappa shape index (κ3) is 7.36. The lowest BCUT2D eigenvalue weighted by atomic mass is 10.1. The SMILES string of the molecule is CC(C)OCCCNC(=O)NCCc1ccccc1Cl. The van der Waals surface area contributed by atoms with Gasteiger partial charge >= 0.3 is 6.03 Å². The van der Waals surface area contributed by atoms with Crippen molar-refractivity contribution < 1.29 is 9.53 Å². The van der Waals surface area contributed by atoms with Crippen molar-refractivity contribution in [2.24, 2.45) is 0 Å². The lowest BCUT2D eigenvalue weighted by Crippen LogP contribution is -2.37. The van der Waals surface area contributed by atoms with Crippen LogP contribution in [0.5, 0.6) is 0 Å². The first-order valence-electron chi connectivity index (χ1n) is 6.96. The molecule has 20 heavy (non-hydrogen) atoms. The van der Waals surface area contributed by atoms with Crippen LogP contribution in [-0.2, 0) is 11.2 Å². The van der Waals surface area contributed by atoms with Gasteiger partial charge in [0.2, 0.25) is 0 Å². The van der Waals surface area contributed by atoms with Crippen LogP contribution < -0.4 is 10.6 Å². The van der Waals surface area contributed by atoms with Gasteiger partial charge in [-0.25, -0.2) is 4.79 Å². The smallest absolute Gasteiger partial charge is 0.314 e. The van der Waals surface area contributed by atoms with E-state index >= 15 is 0 Å². The van der Waals surface area contributed by atoms with E-state index in [4.69, 9.17) is 16.3 Å². The maximum absolute atomic E-state index is 11.5. The summed E-state index contributed by atoms with van der Waals surface area (Å²) in [7, 11) is 0. The summed E-state index contributed by atoms with van der Waals surface area (Å²) in [6.45, 7) is 5.84. The second-order valence-corrected chi connectivity index (χ2v) is 5.20. The van der Waals surface area contributed by atoms with Crippen molar-refractivity contribution in [3.63, 3.8) is 0 Å². The van der Waals surface area contributed by atoms with Crippen LogP contribution in [0.3, 0.4) is 0 Å². The molecular formula is C15H23ClN2O2. The van der Waals surface area contributed by atoms with Gasteiger partial charge in [0.05, 0.1) is 6.10 Å². The Morgan fingerprint density at radius 3 is 2.65 bits per heavy atom. The predicted molar refractivity (Wildman–Crippen MR) is 82.3 cm³/mol. The number of halogens is 1. The molecular weight excluding hydrogens is 276 g/mol. The van der Waals surface area contributed by atoms with Crippen molar-refractivity contribution in [1.29, 1.82) is 0 Å². The standard InChI is InChI=1S/C15H23ClN2O2/c1-12(2)20-11-5-9-17-15(19)18-10-8-13-6-3-4-7-14(13)16/h3-4,6-7,12H,5,8-11H2,1-2H3,(H2,17,18,19). The Bertz CT molecular complexity index is 411. The second-order valence-electron chi connectivity index (χ2n) is 4.80. The molecule has 0 spiro atoms. The molecule has 1 aromatic carbocycles. The molecule has 0 bridgehead atoms. The molecule has 0 aliphatic carbocycles. The zero-order valence-corrected chi connectivity index (χ0v) is 12.9. The van der Waals surface area contributed by atoms with E-state index < -0.39 is 0 Å². The van der Waals surface area contributed by atoms with E-state index in [0.717, 1.165) is 23.4 Å². The van der Waals surface area contributed by atoms with Crippen molar-refractivity contribution >= 4 is 17.6 Å². The zero-order valence-electron chi connectivity index (χ0n) is 12.1. The number of nitrogens with one attached hydrogen (secondary N) is 2. The average Bonchev–Trinajstić information content (AvgIpc) is 2.40. The zero-order chi connectivity index (χ0) is 14.8. The Morgan fingerprint density at radius 1 is 1.25 bits per heavy atom. The van der Waals surface area contributed by atoms with Crippen molar-refractivity contribution in [3.8, 4) is 0 Å². The number of carbonyl (C=O) groups excluding carboxylic acids is 1. The highest BCUT2D eigenvalue weighted by Gasteiger charge is 2.02. The van der Waals surface area contributed by atoms with E-state index in [1.165, 1.54) is 0 Å². The molecule has 0 saturated heterocycles. The van der Waals surface area contributed by atoms with Gasteiger partial charge in [0, 0.05) is 24.7 Å². The van der Waals surface area contributed by atoms with Crippen LogP contribution in [0, 0.1) is 0 Å². The normalized spacial score (nSPS) is 10.6. The molecule has 0 aliphatic rings. The summed E-state index contributed by atoms with van der Waals surface area (Å²) in [5.74, 6) is 0. The molecule has 5 heteroatoms. The summed E-state index contributed by atoms with van der Waals surface area (Å²) in [4.78, 5) is 11.5. The minimum Gasteiger partial charge on any atom is -0.379 e. The van der Waals surface area contributed by atoms with Crippen LogP contribution in [0.1, 0.15) is 25.8 Å². The van der Waals surface area contributed by atoms with Crippen molar-refractivity contribution in [2.75, 3.05) is 19.7 Å². The first-order chi connectivity index (χ1) is 9.59. The Kier molecular flexibility index (Phi) is 8.07. The van der Waals surface area contributed by atoms with Crippen LogP contribution in [0.2, 0.25) is 5.02 Å². The number of ether oxygens (including phenoxy) is 1. The van der Waals surface area contributed by atoms with Crippen LogP contribution in [-0.4, -0.2) is 31.8 Å². The quantitative estimate of drug-likeness (QED) is 0.725. The van der Waals surface area contributed by atoms with Crippen LogP contribution in [0.4, 0.5) is 4.79 Å². The highest BCUT2D eigenvalue weighted by atomic mass is 35.5. The van der Waals surface area contributed by atoms with Gasteiger partial charge < -0.3 is 15.4 Å². The molecule has 0 aromatic heterocycles. The number of hydrogen-bond donors (Lipinski definition) is 2. The lowest BCUT2D eigenvalue weighted by molar-refractivity contribution is 0.0774. The average molecular weight is 299 g/mol. The van der Waals surface area contributed by atoms with E-state index in [-0.39, 0.29) is 12.1 Å². The summed E-state index contributed by atoms with van der Waals surface area (Å²) in [5, 5.41) is 6.34. The summed E-state index contributed by atoms with van der Waals surface area (Å²) >= 11 is 6.04. The number of rotatable bonds is 8. The number of urea groups is 1. The molecule has 112 valence electrons. The van der Waals surface area contributed by atoms with E-state index in [0.29, 0.717) is 19.7 Å². The van der Waals surface area contributed by atoms with Gasteiger partial charge in [-0.2, -0.15) is 0 Å². The van der Waals surface area contributed by atoms with E-state index in [1.54, 1.807) is 0 Å². The number of benzene rings is 1. The molecule has 0 unspecified atom stereocenters. The van der Waals surface area contributed by atoms with Crippen molar-refractivity contribution in [2.45, 2.75) is 32.8 Å². The summed E-state index contributed by atoms with van der Waals surface area (Å²) in [6.07, 6.45) is 1.78. The van der Waals surface area contributed by atoms with Crippen molar-refractivity contribution in [3.05, 3.63) is 34.9 Å². The van der Waals surface area contributed by atoms with Gasteiger partial charge in [0.1, 0.15) is 0 Å². The van der Waals surface area contributed by atoms with E-state index in [1.807, 2.05) is 38.1 Å². The van der Waals surface area contributed by atoms with Gasteiger partial charge in [-0.3, -0.25) is 0 Å². The predicted octanol–water partition coefficient (Wildman–Crippen LogP) is 3.00.